The molecule has 3 N–H and O–H groups in total. The lowest BCUT2D eigenvalue weighted by Gasteiger charge is -2.17. The summed E-state index contributed by atoms with van der Waals surface area (Å²) in [6.45, 7) is 3.53. The van der Waals surface area contributed by atoms with Crippen LogP contribution in [-0.4, -0.2) is 37.0 Å². The van der Waals surface area contributed by atoms with Crippen LogP contribution >= 0.6 is 0 Å². The molecule has 0 heterocycles. The summed E-state index contributed by atoms with van der Waals surface area (Å²) in [6, 6.07) is 6.51. The first kappa shape index (κ1) is 12.9. The van der Waals surface area contributed by atoms with E-state index in [0.29, 0.717) is 17.9 Å². The van der Waals surface area contributed by atoms with Crippen LogP contribution in [0.4, 0.5) is 0 Å². The lowest BCUT2D eigenvalue weighted by Crippen LogP contribution is -2.26. The summed E-state index contributed by atoms with van der Waals surface area (Å²) in [5, 5.41) is 7.56. The molecule has 98 valence electrons. The molecule has 0 unspecified atom stereocenters. The minimum absolute atomic E-state index is 0.0595. The van der Waals surface area contributed by atoms with Crippen LogP contribution in [0.2, 0.25) is 0 Å². The third-order valence-electron chi connectivity index (χ3n) is 3.30. The minimum Gasteiger partial charge on any atom is -0.491 e. The van der Waals surface area contributed by atoms with Crippen molar-refractivity contribution < 1.29 is 4.74 Å². The standard InChI is InChI=1S/C14H21N3O/c1-10-3-6-13(12(9-10)14(15)16)18-8-7-17(2)11-4-5-11/h3,6,9,11H,4-5,7-8H2,1-2H3,(H3,15,16). The molecule has 4 heteroatoms. The normalized spacial score (nSPS) is 14.8. The fourth-order valence-electron chi connectivity index (χ4n) is 1.98. The number of ether oxygens (including phenoxy) is 1. The molecule has 2 rings (SSSR count). The van der Waals surface area contributed by atoms with Crippen LogP contribution in [0.1, 0.15) is 24.0 Å². The highest BCUT2D eigenvalue weighted by molar-refractivity contribution is 5.97. The van der Waals surface area contributed by atoms with E-state index < -0.39 is 0 Å². The Balaban J connectivity index is 1.93. The Morgan fingerprint density at radius 3 is 2.83 bits per heavy atom. The van der Waals surface area contributed by atoms with Gasteiger partial charge in [0.15, 0.2) is 0 Å². The third kappa shape index (κ3) is 3.23. The quantitative estimate of drug-likeness (QED) is 0.594. The van der Waals surface area contributed by atoms with Crippen molar-refractivity contribution in [3.05, 3.63) is 29.3 Å². The van der Waals surface area contributed by atoms with Gasteiger partial charge in [0.05, 0.1) is 5.56 Å². The molecular formula is C14H21N3O. The monoisotopic (exact) mass is 247 g/mol. The van der Waals surface area contributed by atoms with E-state index in [1.165, 1.54) is 12.8 Å². The average molecular weight is 247 g/mol. The van der Waals surface area contributed by atoms with E-state index in [2.05, 4.69) is 11.9 Å². The Labute approximate surface area is 108 Å². The SMILES string of the molecule is Cc1ccc(OCCN(C)C2CC2)c(C(=N)N)c1. The molecule has 0 spiro atoms. The number of likely N-dealkylation sites (N-methyl/N-ethyl adjacent to an activating group) is 1. The highest BCUT2D eigenvalue weighted by atomic mass is 16.5. The first-order valence-electron chi connectivity index (χ1n) is 6.36. The fraction of sp³-hybridized carbons (Fsp3) is 0.500. The Bertz CT molecular complexity index is 441. The molecule has 4 nitrogen and oxygen atoms in total. The summed E-state index contributed by atoms with van der Waals surface area (Å²) in [4.78, 5) is 2.32. The third-order valence-corrected chi connectivity index (χ3v) is 3.30. The smallest absolute Gasteiger partial charge is 0.130 e. The fourth-order valence-corrected chi connectivity index (χ4v) is 1.98. The molecule has 0 atom stereocenters. The van der Waals surface area contributed by atoms with Crippen molar-refractivity contribution in [3.63, 3.8) is 0 Å². The van der Waals surface area contributed by atoms with Gasteiger partial charge >= 0.3 is 0 Å². The van der Waals surface area contributed by atoms with Gasteiger partial charge in [0, 0.05) is 12.6 Å². The molecule has 1 aromatic rings. The van der Waals surface area contributed by atoms with Crippen molar-refractivity contribution in [1.82, 2.24) is 4.90 Å². The van der Waals surface area contributed by atoms with Crippen LogP contribution in [0.25, 0.3) is 0 Å². The molecule has 1 saturated carbocycles. The molecule has 0 aromatic heterocycles. The van der Waals surface area contributed by atoms with E-state index in [0.717, 1.165) is 18.2 Å². The lowest BCUT2D eigenvalue weighted by molar-refractivity contribution is 0.231. The molecule has 1 aliphatic rings. The minimum atomic E-state index is 0.0595. The second-order valence-corrected chi connectivity index (χ2v) is 4.97. The summed E-state index contributed by atoms with van der Waals surface area (Å²) in [5.41, 5.74) is 7.34. The molecule has 1 fully saturated rings. The zero-order chi connectivity index (χ0) is 13.1. The van der Waals surface area contributed by atoms with E-state index in [1.807, 2.05) is 25.1 Å². The zero-order valence-corrected chi connectivity index (χ0v) is 11.1. The maximum atomic E-state index is 7.56. The first-order chi connectivity index (χ1) is 8.58. The van der Waals surface area contributed by atoms with E-state index in [4.69, 9.17) is 15.9 Å². The number of benzene rings is 1. The highest BCUT2D eigenvalue weighted by Gasteiger charge is 2.25. The van der Waals surface area contributed by atoms with Gasteiger partial charge in [-0.1, -0.05) is 11.6 Å². The lowest BCUT2D eigenvalue weighted by atomic mass is 10.1. The maximum absolute atomic E-state index is 7.56. The summed E-state index contributed by atoms with van der Waals surface area (Å²) >= 11 is 0. The number of rotatable bonds is 6. The molecule has 1 aromatic carbocycles. The number of hydrogen-bond donors (Lipinski definition) is 2. The number of amidine groups is 1. The van der Waals surface area contributed by atoms with Gasteiger partial charge in [-0.2, -0.15) is 0 Å². The molecule has 1 aliphatic carbocycles. The predicted molar refractivity (Wildman–Crippen MR) is 73.3 cm³/mol. The maximum Gasteiger partial charge on any atom is 0.130 e. The Morgan fingerprint density at radius 2 is 2.22 bits per heavy atom. The van der Waals surface area contributed by atoms with Crippen molar-refractivity contribution in [1.29, 1.82) is 5.41 Å². The Hall–Kier alpha value is -1.55. The molecule has 18 heavy (non-hydrogen) atoms. The number of hydrogen-bond acceptors (Lipinski definition) is 3. The number of nitrogens with zero attached hydrogens (tertiary/aromatic N) is 1. The summed E-state index contributed by atoms with van der Waals surface area (Å²) in [5.74, 6) is 0.765. The van der Waals surface area contributed by atoms with Crippen molar-refractivity contribution in [3.8, 4) is 5.75 Å². The van der Waals surface area contributed by atoms with Crippen LogP contribution in [-0.2, 0) is 0 Å². The summed E-state index contributed by atoms with van der Waals surface area (Å²) < 4.78 is 5.74. The predicted octanol–water partition coefficient (Wildman–Crippen LogP) is 1.75. The summed E-state index contributed by atoms with van der Waals surface area (Å²) in [7, 11) is 2.13. The van der Waals surface area contributed by atoms with Crippen LogP contribution in [0, 0.1) is 12.3 Å². The van der Waals surface area contributed by atoms with Crippen LogP contribution in [0.5, 0.6) is 5.75 Å². The van der Waals surface area contributed by atoms with E-state index in [9.17, 15) is 0 Å². The Kier molecular flexibility index (Phi) is 3.87. The van der Waals surface area contributed by atoms with Gasteiger partial charge in [0.1, 0.15) is 18.2 Å². The summed E-state index contributed by atoms with van der Waals surface area (Å²) in [6.07, 6.45) is 2.61. The van der Waals surface area contributed by atoms with E-state index in [-0.39, 0.29) is 5.84 Å². The van der Waals surface area contributed by atoms with Crippen molar-refractivity contribution >= 4 is 5.84 Å². The topological polar surface area (TPSA) is 62.3 Å². The first-order valence-corrected chi connectivity index (χ1v) is 6.36. The number of nitrogens with one attached hydrogen (secondary N) is 1. The van der Waals surface area contributed by atoms with Crippen molar-refractivity contribution in [2.75, 3.05) is 20.2 Å². The van der Waals surface area contributed by atoms with E-state index >= 15 is 0 Å². The average Bonchev–Trinajstić information content (AvgIpc) is 3.14. The zero-order valence-electron chi connectivity index (χ0n) is 11.1. The van der Waals surface area contributed by atoms with Gasteiger partial charge in [-0.3, -0.25) is 5.41 Å². The van der Waals surface area contributed by atoms with Crippen LogP contribution < -0.4 is 10.5 Å². The Morgan fingerprint density at radius 1 is 1.50 bits per heavy atom. The second kappa shape index (κ2) is 5.40. The molecule has 0 radical (unpaired) electrons. The van der Waals surface area contributed by atoms with Gasteiger partial charge in [-0.25, -0.2) is 0 Å². The number of nitrogens with two attached hydrogens (primary N) is 1. The molecule has 0 saturated heterocycles. The van der Waals surface area contributed by atoms with Crippen molar-refractivity contribution in [2.24, 2.45) is 5.73 Å². The number of nitrogen functional groups attached to an aromatic ring is 1. The van der Waals surface area contributed by atoms with Crippen LogP contribution in [0.3, 0.4) is 0 Å². The second-order valence-electron chi connectivity index (χ2n) is 4.97. The van der Waals surface area contributed by atoms with Crippen LogP contribution in [0.15, 0.2) is 18.2 Å². The van der Waals surface area contributed by atoms with Gasteiger partial charge in [0.25, 0.3) is 0 Å². The van der Waals surface area contributed by atoms with Gasteiger partial charge in [-0.15, -0.1) is 0 Å². The molecule has 0 bridgehead atoms. The largest absolute Gasteiger partial charge is 0.491 e. The highest BCUT2D eigenvalue weighted by Crippen LogP contribution is 2.25. The number of aryl methyl sites for hydroxylation is 1. The van der Waals surface area contributed by atoms with Crippen molar-refractivity contribution in [2.45, 2.75) is 25.8 Å². The van der Waals surface area contributed by atoms with Gasteiger partial charge in [-0.05, 0) is 38.9 Å². The van der Waals surface area contributed by atoms with E-state index in [1.54, 1.807) is 0 Å². The molecule has 0 amide bonds. The van der Waals surface area contributed by atoms with Gasteiger partial charge in [0.2, 0.25) is 0 Å². The molecule has 0 aliphatic heterocycles. The van der Waals surface area contributed by atoms with Gasteiger partial charge < -0.3 is 15.4 Å². The molecular weight excluding hydrogens is 226 g/mol.